The molecule has 0 aliphatic heterocycles. The Balaban J connectivity index is 1.65. The first kappa shape index (κ1) is 35.5. The zero-order valence-corrected chi connectivity index (χ0v) is 32.7. The summed E-state index contributed by atoms with van der Waals surface area (Å²) in [5, 5.41) is 27.2. The van der Waals surface area contributed by atoms with E-state index < -0.39 is 10.8 Å². The standard InChI is InChI=1S/C50H45N5/c1-11-20-32(4)53(31(3)12-2)46-37(29-51)38(30-52)47(44-43(46)48(5,6)50(9,10)49(44,7)8)55-40-26-19-17-24-36(40)42-41(55)28-27-35-34-23-16-18-25-39(34)54(45(35)42)33-21-14-13-15-22-33/h11-28H,2-4H2,1,5-10H3. The number of para-hydroxylation sites is 3. The Hall–Kier alpha value is -6.56. The summed E-state index contributed by atoms with van der Waals surface area (Å²) in [5.74, 6) is 0. The van der Waals surface area contributed by atoms with Crippen LogP contribution < -0.4 is 4.90 Å². The van der Waals surface area contributed by atoms with Gasteiger partial charge in [0.1, 0.15) is 12.1 Å². The molecule has 0 atom stereocenters. The summed E-state index contributed by atoms with van der Waals surface area (Å²) in [6, 6.07) is 37.1. The highest BCUT2D eigenvalue weighted by molar-refractivity contribution is 6.26. The topological polar surface area (TPSA) is 60.7 Å². The van der Waals surface area contributed by atoms with E-state index in [-0.39, 0.29) is 11.0 Å². The van der Waals surface area contributed by atoms with E-state index in [4.69, 9.17) is 0 Å². The van der Waals surface area contributed by atoms with E-state index in [1.807, 2.05) is 30.0 Å². The molecule has 0 unspecified atom stereocenters. The number of anilines is 1. The molecule has 270 valence electrons. The van der Waals surface area contributed by atoms with Crippen molar-refractivity contribution in [2.45, 2.75) is 59.3 Å². The maximum Gasteiger partial charge on any atom is 0.103 e. The molecule has 0 saturated carbocycles. The van der Waals surface area contributed by atoms with Crippen LogP contribution in [0, 0.1) is 28.1 Å². The maximum atomic E-state index is 11.4. The van der Waals surface area contributed by atoms with E-state index in [1.165, 1.54) is 5.39 Å². The molecule has 1 aliphatic carbocycles. The Morgan fingerprint density at radius 1 is 0.655 bits per heavy atom. The predicted octanol–water partition coefficient (Wildman–Crippen LogP) is 12.8. The molecule has 0 amide bonds. The van der Waals surface area contributed by atoms with Crippen LogP contribution in [0.5, 0.6) is 0 Å². The van der Waals surface area contributed by atoms with Crippen molar-refractivity contribution < 1.29 is 0 Å². The lowest BCUT2D eigenvalue weighted by molar-refractivity contribution is 0.125. The van der Waals surface area contributed by atoms with Crippen LogP contribution in [-0.4, -0.2) is 9.13 Å². The molecule has 7 aromatic rings. The first-order valence-electron chi connectivity index (χ1n) is 18.8. The van der Waals surface area contributed by atoms with Crippen molar-refractivity contribution in [3.8, 4) is 23.5 Å². The van der Waals surface area contributed by atoms with Gasteiger partial charge in [-0.15, -0.1) is 0 Å². The van der Waals surface area contributed by atoms with Crippen LogP contribution in [0.3, 0.4) is 0 Å². The fourth-order valence-electron chi connectivity index (χ4n) is 9.44. The largest absolute Gasteiger partial charge is 0.310 e. The van der Waals surface area contributed by atoms with Crippen molar-refractivity contribution in [3.05, 3.63) is 163 Å². The number of allylic oxidation sites excluding steroid dienone is 3. The Bertz CT molecular complexity index is 2930. The molecule has 5 nitrogen and oxygen atoms in total. The Morgan fingerprint density at radius 2 is 1.24 bits per heavy atom. The number of hydrogen-bond acceptors (Lipinski definition) is 3. The second-order valence-corrected chi connectivity index (χ2v) is 16.2. The van der Waals surface area contributed by atoms with E-state index in [0.29, 0.717) is 22.6 Å². The third-order valence-electron chi connectivity index (χ3n) is 13.1. The van der Waals surface area contributed by atoms with Crippen molar-refractivity contribution in [2.75, 3.05) is 4.90 Å². The van der Waals surface area contributed by atoms with Crippen LogP contribution in [-0.2, 0) is 10.8 Å². The molecule has 55 heavy (non-hydrogen) atoms. The summed E-state index contributed by atoms with van der Waals surface area (Å²) < 4.78 is 4.64. The summed E-state index contributed by atoms with van der Waals surface area (Å²) in [6.07, 6.45) is 5.51. The van der Waals surface area contributed by atoms with Gasteiger partial charge in [0.2, 0.25) is 0 Å². The van der Waals surface area contributed by atoms with Gasteiger partial charge in [0.25, 0.3) is 0 Å². The molecule has 0 fully saturated rings. The molecule has 2 aromatic heterocycles. The predicted molar refractivity (Wildman–Crippen MR) is 230 cm³/mol. The fraction of sp³-hybridized carbons (Fsp3) is 0.200. The molecule has 0 N–H and O–H groups in total. The van der Waals surface area contributed by atoms with Crippen molar-refractivity contribution in [3.63, 3.8) is 0 Å². The second-order valence-electron chi connectivity index (χ2n) is 16.2. The van der Waals surface area contributed by atoms with E-state index in [9.17, 15) is 10.5 Å². The van der Waals surface area contributed by atoms with Gasteiger partial charge < -0.3 is 14.0 Å². The average molecular weight is 716 g/mol. The maximum absolute atomic E-state index is 11.4. The van der Waals surface area contributed by atoms with Gasteiger partial charge in [0.15, 0.2) is 0 Å². The Labute approximate surface area is 323 Å². The molecule has 0 saturated heterocycles. The second kappa shape index (κ2) is 12.2. The summed E-state index contributed by atoms with van der Waals surface area (Å²) in [4.78, 5) is 1.92. The lowest BCUT2D eigenvalue weighted by Crippen LogP contribution is -2.42. The fourth-order valence-corrected chi connectivity index (χ4v) is 9.44. The molecule has 0 radical (unpaired) electrons. The molecule has 8 rings (SSSR count). The number of nitriles is 2. The molecule has 5 heteroatoms. The highest BCUT2D eigenvalue weighted by Gasteiger charge is 2.60. The van der Waals surface area contributed by atoms with Crippen LogP contribution >= 0.6 is 0 Å². The Morgan fingerprint density at radius 3 is 1.85 bits per heavy atom. The Kier molecular flexibility index (Phi) is 7.89. The molecular weight excluding hydrogens is 671 g/mol. The van der Waals surface area contributed by atoms with Crippen LogP contribution in [0.2, 0.25) is 0 Å². The zero-order chi connectivity index (χ0) is 39.2. The van der Waals surface area contributed by atoms with E-state index in [2.05, 4.69) is 167 Å². The normalized spacial score (nSPS) is 15.4. The third kappa shape index (κ3) is 4.51. The number of rotatable bonds is 7. The van der Waals surface area contributed by atoms with Gasteiger partial charge in [-0.1, -0.05) is 128 Å². The summed E-state index contributed by atoms with van der Waals surface area (Å²) in [5.41, 5.74) is 9.19. The SMILES string of the molecule is C=CC(=C)N(C(=C)C=CC)c1c(C#N)c(C#N)c(-n2c3ccccc3c3c2ccc2c4ccccc4n(-c4ccccc4)c23)c2c1C(C)(C)C(C)(C)C2(C)C. The van der Waals surface area contributed by atoms with E-state index in [0.717, 1.165) is 60.7 Å². The van der Waals surface area contributed by atoms with Crippen molar-refractivity contribution >= 4 is 49.3 Å². The van der Waals surface area contributed by atoms with E-state index >= 15 is 0 Å². The highest BCUT2D eigenvalue weighted by atomic mass is 15.2. The van der Waals surface area contributed by atoms with Crippen LogP contribution in [0.1, 0.15) is 70.7 Å². The van der Waals surface area contributed by atoms with Gasteiger partial charge >= 0.3 is 0 Å². The minimum atomic E-state index is -0.475. The monoisotopic (exact) mass is 715 g/mol. The third-order valence-corrected chi connectivity index (χ3v) is 13.1. The van der Waals surface area contributed by atoms with Crippen molar-refractivity contribution in [1.29, 1.82) is 10.5 Å². The van der Waals surface area contributed by atoms with Gasteiger partial charge in [0.05, 0.1) is 44.6 Å². The molecule has 0 spiro atoms. The van der Waals surface area contributed by atoms with Crippen molar-refractivity contribution in [2.24, 2.45) is 5.41 Å². The lowest BCUT2D eigenvalue weighted by atomic mass is 9.59. The average Bonchev–Trinajstić information content (AvgIpc) is 3.73. The summed E-state index contributed by atoms with van der Waals surface area (Å²) in [7, 11) is 0. The first-order chi connectivity index (χ1) is 26.3. The smallest absolute Gasteiger partial charge is 0.103 e. The molecular formula is C50H45N5. The quantitative estimate of drug-likeness (QED) is 0.154. The number of aromatic nitrogens is 2. The zero-order valence-electron chi connectivity index (χ0n) is 32.7. The van der Waals surface area contributed by atoms with Gasteiger partial charge in [-0.25, -0.2) is 0 Å². The molecule has 0 bridgehead atoms. The van der Waals surface area contributed by atoms with Gasteiger partial charge in [-0.05, 0) is 76.8 Å². The van der Waals surface area contributed by atoms with Crippen molar-refractivity contribution in [1.82, 2.24) is 9.13 Å². The summed E-state index contributed by atoms with van der Waals surface area (Å²) >= 11 is 0. The van der Waals surface area contributed by atoms with Crippen LogP contribution in [0.15, 0.2) is 140 Å². The lowest BCUT2D eigenvalue weighted by Gasteiger charge is -2.45. The van der Waals surface area contributed by atoms with Gasteiger partial charge in [0, 0.05) is 38.6 Å². The summed E-state index contributed by atoms with van der Waals surface area (Å²) in [6.45, 7) is 28.5. The van der Waals surface area contributed by atoms with Gasteiger partial charge in [-0.3, -0.25) is 0 Å². The number of hydrogen-bond donors (Lipinski definition) is 0. The van der Waals surface area contributed by atoms with E-state index in [1.54, 1.807) is 6.08 Å². The molecule has 5 aromatic carbocycles. The van der Waals surface area contributed by atoms with Gasteiger partial charge in [-0.2, -0.15) is 10.5 Å². The molecule has 1 aliphatic rings. The minimum Gasteiger partial charge on any atom is -0.310 e. The highest BCUT2D eigenvalue weighted by Crippen LogP contribution is 2.66. The van der Waals surface area contributed by atoms with Crippen LogP contribution in [0.4, 0.5) is 5.69 Å². The number of benzene rings is 5. The minimum absolute atomic E-state index is 0.289. The first-order valence-corrected chi connectivity index (χ1v) is 18.8. The number of nitrogens with zero attached hydrogens (tertiary/aromatic N) is 5. The number of fused-ring (bicyclic) bond motifs is 8. The molecule has 2 heterocycles. The van der Waals surface area contributed by atoms with Crippen LogP contribution in [0.25, 0.3) is 55.0 Å².